The molecule has 1 aromatic carbocycles. The first-order chi connectivity index (χ1) is 7.36. The Morgan fingerprint density at radius 1 is 1.12 bits per heavy atom. The molecule has 16 heavy (non-hydrogen) atoms. The van der Waals surface area contributed by atoms with Crippen LogP contribution in [0.25, 0.3) is 0 Å². The van der Waals surface area contributed by atoms with E-state index in [4.69, 9.17) is 10.2 Å². The minimum atomic E-state index is -1.35. The van der Waals surface area contributed by atoms with Gasteiger partial charge in [-0.25, -0.2) is 9.59 Å². The van der Waals surface area contributed by atoms with E-state index >= 15 is 0 Å². The van der Waals surface area contributed by atoms with Gasteiger partial charge in [-0.1, -0.05) is 13.8 Å². The van der Waals surface area contributed by atoms with Gasteiger partial charge in [0, 0.05) is 5.56 Å². The van der Waals surface area contributed by atoms with E-state index in [2.05, 4.69) is 0 Å². The van der Waals surface area contributed by atoms with Crippen molar-refractivity contribution in [1.82, 2.24) is 0 Å². The molecule has 0 fully saturated rings. The smallest absolute Gasteiger partial charge is 0.337 e. The van der Waals surface area contributed by atoms with Gasteiger partial charge in [0.25, 0.3) is 0 Å². The maximum atomic E-state index is 11.0. The van der Waals surface area contributed by atoms with Crippen molar-refractivity contribution in [3.8, 4) is 5.75 Å². The summed E-state index contributed by atoms with van der Waals surface area (Å²) in [5, 5.41) is 27.4. The molecule has 0 atom stereocenters. The van der Waals surface area contributed by atoms with E-state index < -0.39 is 11.9 Å². The van der Waals surface area contributed by atoms with Gasteiger partial charge in [-0.15, -0.1) is 0 Å². The van der Waals surface area contributed by atoms with E-state index in [0.717, 1.165) is 6.07 Å². The number of carboxylic acid groups (broad SMARTS) is 2. The molecule has 0 bridgehead atoms. The molecule has 0 aliphatic carbocycles. The van der Waals surface area contributed by atoms with Crippen LogP contribution in [-0.4, -0.2) is 27.3 Å². The van der Waals surface area contributed by atoms with Crippen LogP contribution in [0.15, 0.2) is 12.1 Å². The molecule has 0 aliphatic rings. The van der Waals surface area contributed by atoms with Gasteiger partial charge < -0.3 is 15.3 Å². The second kappa shape index (κ2) is 4.22. The average Bonchev–Trinajstić information content (AvgIpc) is 2.15. The lowest BCUT2D eigenvalue weighted by Gasteiger charge is -2.13. The highest BCUT2D eigenvalue weighted by Crippen LogP contribution is 2.31. The normalized spacial score (nSPS) is 10.4. The lowest BCUT2D eigenvalue weighted by molar-refractivity contribution is 0.0649. The van der Waals surface area contributed by atoms with Crippen LogP contribution < -0.4 is 0 Å². The van der Waals surface area contributed by atoms with Crippen molar-refractivity contribution >= 4 is 11.9 Å². The zero-order chi connectivity index (χ0) is 12.5. The summed E-state index contributed by atoms with van der Waals surface area (Å²) in [6.45, 7) is 3.38. The van der Waals surface area contributed by atoms with E-state index in [-0.39, 0.29) is 28.4 Å². The largest absolute Gasteiger partial charge is 0.508 e. The molecule has 5 nitrogen and oxygen atoms in total. The van der Waals surface area contributed by atoms with Crippen LogP contribution in [0.5, 0.6) is 5.75 Å². The van der Waals surface area contributed by atoms with Crippen molar-refractivity contribution in [2.45, 2.75) is 19.8 Å². The molecule has 3 N–H and O–H groups in total. The first kappa shape index (κ1) is 12.0. The van der Waals surface area contributed by atoms with Crippen LogP contribution >= 0.6 is 0 Å². The third kappa shape index (κ3) is 1.98. The van der Waals surface area contributed by atoms with Crippen molar-refractivity contribution in [3.05, 3.63) is 28.8 Å². The Morgan fingerprint density at radius 2 is 1.69 bits per heavy atom. The predicted molar refractivity (Wildman–Crippen MR) is 56.1 cm³/mol. The van der Waals surface area contributed by atoms with Gasteiger partial charge in [0.1, 0.15) is 5.75 Å². The Morgan fingerprint density at radius 3 is 2.06 bits per heavy atom. The predicted octanol–water partition coefficient (Wildman–Crippen LogP) is 1.91. The van der Waals surface area contributed by atoms with Crippen LogP contribution in [0.3, 0.4) is 0 Å². The summed E-state index contributed by atoms with van der Waals surface area (Å²) < 4.78 is 0. The highest BCUT2D eigenvalue weighted by molar-refractivity contribution is 6.03. The van der Waals surface area contributed by atoms with Crippen LogP contribution in [0.2, 0.25) is 0 Å². The SMILES string of the molecule is CC(C)c1c(O)ccc(C(=O)O)c1C(=O)O. The second-order valence-electron chi connectivity index (χ2n) is 3.69. The molecule has 0 amide bonds. The number of rotatable bonds is 3. The summed E-state index contributed by atoms with van der Waals surface area (Å²) in [6, 6.07) is 2.29. The summed E-state index contributed by atoms with van der Waals surface area (Å²) >= 11 is 0. The summed E-state index contributed by atoms with van der Waals surface area (Å²) in [4.78, 5) is 21.9. The number of phenolic OH excluding ortho intramolecular Hbond substituents is 1. The molecule has 1 rings (SSSR count). The number of phenols is 1. The fourth-order valence-corrected chi connectivity index (χ4v) is 1.60. The minimum absolute atomic E-state index is 0.146. The Kier molecular flexibility index (Phi) is 3.17. The van der Waals surface area contributed by atoms with Crippen LogP contribution in [0.1, 0.15) is 46.0 Å². The number of aromatic hydroxyl groups is 1. The van der Waals surface area contributed by atoms with Gasteiger partial charge in [0.15, 0.2) is 0 Å². The van der Waals surface area contributed by atoms with Gasteiger partial charge in [-0.05, 0) is 18.1 Å². The van der Waals surface area contributed by atoms with Crippen LogP contribution in [0, 0.1) is 0 Å². The summed E-state index contributed by atoms with van der Waals surface area (Å²) in [5.41, 5.74) is -0.510. The van der Waals surface area contributed by atoms with E-state index in [1.807, 2.05) is 0 Å². The maximum Gasteiger partial charge on any atom is 0.337 e. The first-order valence-electron chi connectivity index (χ1n) is 4.68. The Labute approximate surface area is 92.0 Å². The van der Waals surface area contributed by atoms with Crippen LogP contribution in [0.4, 0.5) is 0 Å². The van der Waals surface area contributed by atoms with Gasteiger partial charge in [-0.2, -0.15) is 0 Å². The van der Waals surface area contributed by atoms with Gasteiger partial charge in [0.2, 0.25) is 0 Å². The monoisotopic (exact) mass is 224 g/mol. The molecule has 0 aliphatic heterocycles. The Bertz CT molecular complexity index is 448. The Hall–Kier alpha value is -2.04. The molecule has 1 aromatic rings. The van der Waals surface area contributed by atoms with E-state index in [1.54, 1.807) is 13.8 Å². The molecule has 0 heterocycles. The molecule has 0 radical (unpaired) electrons. The van der Waals surface area contributed by atoms with E-state index in [0.29, 0.717) is 0 Å². The van der Waals surface area contributed by atoms with Crippen molar-refractivity contribution in [2.75, 3.05) is 0 Å². The van der Waals surface area contributed by atoms with E-state index in [1.165, 1.54) is 6.07 Å². The lowest BCUT2D eigenvalue weighted by atomic mass is 9.92. The topological polar surface area (TPSA) is 94.8 Å². The molecular weight excluding hydrogens is 212 g/mol. The zero-order valence-corrected chi connectivity index (χ0v) is 8.89. The van der Waals surface area contributed by atoms with Crippen molar-refractivity contribution in [3.63, 3.8) is 0 Å². The second-order valence-corrected chi connectivity index (χ2v) is 3.69. The number of carboxylic acids is 2. The van der Waals surface area contributed by atoms with Gasteiger partial charge in [0.05, 0.1) is 11.1 Å². The zero-order valence-electron chi connectivity index (χ0n) is 8.89. The quantitative estimate of drug-likeness (QED) is 0.728. The van der Waals surface area contributed by atoms with Gasteiger partial charge in [-0.3, -0.25) is 0 Å². The highest BCUT2D eigenvalue weighted by atomic mass is 16.4. The summed E-state index contributed by atoms with van der Waals surface area (Å²) in [7, 11) is 0. The summed E-state index contributed by atoms with van der Waals surface area (Å²) in [6.07, 6.45) is 0. The molecule has 0 aromatic heterocycles. The summed E-state index contributed by atoms with van der Waals surface area (Å²) in [5.74, 6) is -3.14. The average molecular weight is 224 g/mol. The van der Waals surface area contributed by atoms with E-state index in [9.17, 15) is 14.7 Å². The number of hydrogen-bond donors (Lipinski definition) is 3. The molecular formula is C11H12O5. The third-order valence-electron chi connectivity index (χ3n) is 2.24. The van der Waals surface area contributed by atoms with Crippen molar-refractivity contribution in [1.29, 1.82) is 0 Å². The number of benzene rings is 1. The fraction of sp³-hybridized carbons (Fsp3) is 0.273. The van der Waals surface area contributed by atoms with Crippen molar-refractivity contribution in [2.24, 2.45) is 0 Å². The number of hydrogen-bond acceptors (Lipinski definition) is 3. The minimum Gasteiger partial charge on any atom is -0.508 e. The van der Waals surface area contributed by atoms with Crippen LogP contribution in [-0.2, 0) is 0 Å². The molecule has 0 spiro atoms. The third-order valence-corrected chi connectivity index (χ3v) is 2.24. The fourth-order valence-electron chi connectivity index (χ4n) is 1.60. The standard InChI is InChI=1S/C11H12O5/c1-5(2)8-7(12)4-3-6(10(13)14)9(8)11(15)16/h3-5,12H,1-2H3,(H,13,14)(H,15,16). The highest BCUT2D eigenvalue weighted by Gasteiger charge is 2.24. The molecule has 0 saturated heterocycles. The molecule has 0 saturated carbocycles. The van der Waals surface area contributed by atoms with Gasteiger partial charge >= 0.3 is 11.9 Å². The number of carbonyl (C=O) groups is 2. The molecule has 0 unspecified atom stereocenters. The molecule has 86 valence electrons. The number of aromatic carboxylic acids is 2. The Balaban J connectivity index is 3.63. The first-order valence-corrected chi connectivity index (χ1v) is 4.68. The maximum absolute atomic E-state index is 11.0. The molecule has 5 heteroatoms. The lowest BCUT2D eigenvalue weighted by Crippen LogP contribution is -2.12. The van der Waals surface area contributed by atoms with Crippen molar-refractivity contribution < 1.29 is 24.9 Å².